The monoisotopic (exact) mass is 470 g/mol. The summed E-state index contributed by atoms with van der Waals surface area (Å²) in [5.74, 6) is 1.92. The molecule has 0 spiro atoms. The Labute approximate surface area is 210 Å². The number of rotatable bonds is 4. The standard InChI is InChI=1S/C30H38N4O/c1-21-8-10-24(11-9-21)20-27-22(2)31-23(3)32-28(27)33-16-7-17-34(19-18-33)29(35)25-12-14-26(15-13-25)30(4,5)6/h8-15H,7,16-20H2,1-6H3. The number of hydrogen-bond donors (Lipinski definition) is 0. The number of aromatic nitrogens is 2. The van der Waals surface area contributed by atoms with Crippen LogP contribution in [-0.2, 0) is 11.8 Å². The average Bonchev–Trinajstić information content (AvgIpc) is 3.07. The highest BCUT2D eigenvalue weighted by Gasteiger charge is 2.24. The summed E-state index contributed by atoms with van der Waals surface area (Å²) in [7, 11) is 0. The molecule has 0 bridgehead atoms. The van der Waals surface area contributed by atoms with E-state index in [1.54, 1.807) is 0 Å². The van der Waals surface area contributed by atoms with Crippen molar-refractivity contribution in [1.29, 1.82) is 0 Å². The van der Waals surface area contributed by atoms with Crippen LogP contribution < -0.4 is 4.90 Å². The smallest absolute Gasteiger partial charge is 0.253 e. The summed E-state index contributed by atoms with van der Waals surface area (Å²) < 4.78 is 0. The molecule has 0 N–H and O–H groups in total. The first kappa shape index (κ1) is 24.9. The molecule has 5 heteroatoms. The van der Waals surface area contributed by atoms with E-state index in [-0.39, 0.29) is 11.3 Å². The van der Waals surface area contributed by atoms with Gasteiger partial charge in [-0.1, -0.05) is 62.7 Å². The molecule has 0 atom stereocenters. The fourth-order valence-electron chi connectivity index (χ4n) is 4.72. The summed E-state index contributed by atoms with van der Waals surface area (Å²) >= 11 is 0. The number of carbonyl (C=O) groups is 1. The largest absolute Gasteiger partial charge is 0.354 e. The first-order chi connectivity index (χ1) is 16.6. The van der Waals surface area contributed by atoms with Crippen LogP contribution in [0.4, 0.5) is 5.82 Å². The van der Waals surface area contributed by atoms with Crippen LogP contribution >= 0.6 is 0 Å². The van der Waals surface area contributed by atoms with Crippen molar-refractivity contribution in [3.05, 3.63) is 87.9 Å². The van der Waals surface area contributed by atoms with Crippen LogP contribution in [0.5, 0.6) is 0 Å². The first-order valence-corrected chi connectivity index (χ1v) is 12.7. The molecule has 1 amide bonds. The van der Waals surface area contributed by atoms with Crippen LogP contribution in [0.2, 0.25) is 0 Å². The second-order valence-electron chi connectivity index (χ2n) is 10.8. The van der Waals surface area contributed by atoms with E-state index in [1.807, 2.05) is 24.0 Å². The number of aryl methyl sites for hydroxylation is 3. The summed E-state index contributed by atoms with van der Waals surface area (Å²) in [4.78, 5) is 27.2. The summed E-state index contributed by atoms with van der Waals surface area (Å²) in [5, 5.41) is 0. The maximum Gasteiger partial charge on any atom is 0.253 e. The van der Waals surface area contributed by atoms with E-state index in [4.69, 9.17) is 4.98 Å². The van der Waals surface area contributed by atoms with E-state index in [0.717, 1.165) is 55.4 Å². The number of carbonyl (C=O) groups excluding carboxylic acids is 1. The molecule has 4 rings (SSSR count). The summed E-state index contributed by atoms with van der Waals surface area (Å²) in [6.45, 7) is 15.8. The Hall–Kier alpha value is -3.21. The van der Waals surface area contributed by atoms with Gasteiger partial charge in [0.05, 0.1) is 0 Å². The zero-order chi connectivity index (χ0) is 25.2. The lowest BCUT2D eigenvalue weighted by Crippen LogP contribution is -2.35. The number of hydrogen-bond acceptors (Lipinski definition) is 4. The Kier molecular flexibility index (Phi) is 7.25. The SMILES string of the molecule is Cc1ccc(Cc2c(C)nc(C)nc2N2CCCN(C(=O)c3ccc(C(C)(C)C)cc3)CC2)cc1. The van der Waals surface area contributed by atoms with Gasteiger partial charge in [-0.15, -0.1) is 0 Å². The van der Waals surface area contributed by atoms with Crippen LogP contribution in [0.15, 0.2) is 48.5 Å². The van der Waals surface area contributed by atoms with Gasteiger partial charge in [0.2, 0.25) is 0 Å². The first-order valence-electron chi connectivity index (χ1n) is 12.7. The highest BCUT2D eigenvalue weighted by molar-refractivity contribution is 5.94. The summed E-state index contributed by atoms with van der Waals surface area (Å²) in [6, 6.07) is 16.8. The van der Waals surface area contributed by atoms with E-state index in [1.165, 1.54) is 22.3 Å². The third kappa shape index (κ3) is 5.90. The molecule has 0 unspecified atom stereocenters. The van der Waals surface area contributed by atoms with Gasteiger partial charge in [0.15, 0.2) is 0 Å². The van der Waals surface area contributed by atoms with Gasteiger partial charge in [-0.25, -0.2) is 9.97 Å². The van der Waals surface area contributed by atoms with Crippen molar-refractivity contribution in [2.75, 3.05) is 31.1 Å². The molecule has 1 saturated heterocycles. The maximum atomic E-state index is 13.3. The molecule has 1 aliphatic heterocycles. The van der Waals surface area contributed by atoms with Crippen molar-refractivity contribution >= 4 is 11.7 Å². The lowest BCUT2D eigenvalue weighted by atomic mass is 9.86. The second kappa shape index (κ2) is 10.2. The fraction of sp³-hybridized carbons (Fsp3) is 0.433. The minimum Gasteiger partial charge on any atom is -0.354 e. The van der Waals surface area contributed by atoms with Crippen LogP contribution in [0.3, 0.4) is 0 Å². The van der Waals surface area contributed by atoms with Crippen LogP contribution in [0.1, 0.15) is 71.3 Å². The highest BCUT2D eigenvalue weighted by Crippen LogP contribution is 2.26. The molecule has 0 saturated carbocycles. The van der Waals surface area contributed by atoms with E-state index in [0.29, 0.717) is 6.54 Å². The van der Waals surface area contributed by atoms with Gasteiger partial charge >= 0.3 is 0 Å². The van der Waals surface area contributed by atoms with Crippen molar-refractivity contribution in [3.63, 3.8) is 0 Å². The van der Waals surface area contributed by atoms with Gasteiger partial charge in [0.1, 0.15) is 11.6 Å². The van der Waals surface area contributed by atoms with Crippen molar-refractivity contribution < 1.29 is 4.79 Å². The van der Waals surface area contributed by atoms with Crippen molar-refractivity contribution in [1.82, 2.24) is 14.9 Å². The molecule has 184 valence electrons. The molecule has 1 fully saturated rings. The van der Waals surface area contributed by atoms with Gasteiger partial charge in [0.25, 0.3) is 5.91 Å². The number of benzene rings is 2. The molecule has 2 heterocycles. The molecular formula is C30H38N4O. The van der Waals surface area contributed by atoms with Gasteiger partial charge in [0, 0.05) is 49.4 Å². The van der Waals surface area contributed by atoms with Crippen molar-refractivity contribution in [2.24, 2.45) is 0 Å². The molecule has 3 aromatic rings. The number of anilines is 1. The van der Waals surface area contributed by atoms with E-state index in [9.17, 15) is 4.79 Å². The number of amides is 1. The van der Waals surface area contributed by atoms with Crippen LogP contribution in [0, 0.1) is 20.8 Å². The lowest BCUT2D eigenvalue weighted by Gasteiger charge is -2.26. The van der Waals surface area contributed by atoms with Gasteiger partial charge < -0.3 is 9.80 Å². The predicted octanol–water partition coefficient (Wildman–Crippen LogP) is 5.64. The average molecular weight is 471 g/mol. The third-order valence-electron chi connectivity index (χ3n) is 6.89. The quantitative estimate of drug-likeness (QED) is 0.495. The normalized spacial score (nSPS) is 14.7. The molecule has 1 aliphatic rings. The Bertz CT molecular complexity index is 1180. The second-order valence-corrected chi connectivity index (χ2v) is 10.8. The molecule has 35 heavy (non-hydrogen) atoms. The third-order valence-corrected chi connectivity index (χ3v) is 6.89. The van der Waals surface area contributed by atoms with E-state index >= 15 is 0 Å². The highest BCUT2D eigenvalue weighted by atomic mass is 16.2. The molecule has 1 aromatic heterocycles. The van der Waals surface area contributed by atoms with Crippen LogP contribution in [0.25, 0.3) is 0 Å². The summed E-state index contributed by atoms with van der Waals surface area (Å²) in [5.41, 5.74) is 6.82. The molecule has 0 radical (unpaired) electrons. The topological polar surface area (TPSA) is 49.3 Å². The van der Waals surface area contributed by atoms with Crippen molar-refractivity contribution in [3.8, 4) is 0 Å². The van der Waals surface area contributed by atoms with Crippen LogP contribution in [-0.4, -0.2) is 47.0 Å². The Balaban J connectivity index is 1.52. The Morgan fingerprint density at radius 3 is 2.20 bits per heavy atom. The zero-order valence-corrected chi connectivity index (χ0v) is 22.1. The molecule has 0 aliphatic carbocycles. The van der Waals surface area contributed by atoms with Crippen molar-refractivity contribution in [2.45, 2.75) is 59.8 Å². The molecule has 5 nitrogen and oxygen atoms in total. The van der Waals surface area contributed by atoms with Gasteiger partial charge in [-0.3, -0.25) is 4.79 Å². The van der Waals surface area contributed by atoms with E-state index in [2.05, 4.69) is 80.9 Å². The summed E-state index contributed by atoms with van der Waals surface area (Å²) in [6.07, 6.45) is 1.72. The lowest BCUT2D eigenvalue weighted by molar-refractivity contribution is 0.0767. The zero-order valence-electron chi connectivity index (χ0n) is 22.1. The fourth-order valence-corrected chi connectivity index (χ4v) is 4.72. The minimum absolute atomic E-state index is 0.0781. The number of nitrogens with zero attached hydrogens (tertiary/aromatic N) is 4. The Morgan fingerprint density at radius 1 is 0.857 bits per heavy atom. The Morgan fingerprint density at radius 2 is 1.54 bits per heavy atom. The van der Waals surface area contributed by atoms with E-state index < -0.39 is 0 Å². The molecule has 2 aromatic carbocycles. The van der Waals surface area contributed by atoms with Gasteiger partial charge in [-0.2, -0.15) is 0 Å². The molecular weight excluding hydrogens is 432 g/mol. The minimum atomic E-state index is 0.0781. The predicted molar refractivity (Wildman–Crippen MR) is 143 cm³/mol. The maximum absolute atomic E-state index is 13.3. The van der Waals surface area contributed by atoms with Gasteiger partial charge in [-0.05, 0) is 55.9 Å².